The number of nitrogens with one attached hydrogen (secondary N) is 2. The van der Waals surface area contributed by atoms with Crippen LogP contribution >= 0.6 is 23.4 Å². The van der Waals surface area contributed by atoms with Gasteiger partial charge in [0.25, 0.3) is 0 Å². The van der Waals surface area contributed by atoms with E-state index in [0.29, 0.717) is 39.7 Å². The Bertz CT molecular complexity index is 1100. The van der Waals surface area contributed by atoms with Gasteiger partial charge in [-0.05, 0) is 55.8 Å². The second kappa shape index (κ2) is 11.0. The summed E-state index contributed by atoms with van der Waals surface area (Å²) in [6.07, 6.45) is 0.0708. The van der Waals surface area contributed by atoms with Gasteiger partial charge in [0.2, 0.25) is 11.8 Å². The summed E-state index contributed by atoms with van der Waals surface area (Å²) < 4.78 is 6.95. The van der Waals surface area contributed by atoms with Crippen LogP contribution in [0.2, 0.25) is 5.02 Å². The standard InChI is InChI=1S/C22H24ClN5O3S/c1-4-28-19(12-20(29)24-16-7-9-17(31-3)10-8-16)26-27-22(28)32-13-21(30)25-18-11-15(23)6-5-14(18)2/h5-11H,4,12-13H2,1-3H3,(H,24,29)(H,25,30). The van der Waals surface area contributed by atoms with E-state index >= 15 is 0 Å². The van der Waals surface area contributed by atoms with E-state index in [1.165, 1.54) is 11.8 Å². The summed E-state index contributed by atoms with van der Waals surface area (Å²) in [5.41, 5.74) is 2.27. The average Bonchev–Trinajstić information content (AvgIpc) is 3.16. The first-order valence-corrected chi connectivity index (χ1v) is 11.3. The van der Waals surface area contributed by atoms with Crippen LogP contribution in [0, 0.1) is 6.92 Å². The Morgan fingerprint density at radius 2 is 1.84 bits per heavy atom. The Labute approximate surface area is 195 Å². The zero-order valence-electron chi connectivity index (χ0n) is 18.0. The lowest BCUT2D eigenvalue weighted by molar-refractivity contribution is -0.116. The maximum atomic E-state index is 12.4. The molecule has 2 amide bonds. The van der Waals surface area contributed by atoms with Crippen molar-refractivity contribution in [1.82, 2.24) is 14.8 Å². The number of aryl methyl sites for hydroxylation is 1. The van der Waals surface area contributed by atoms with E-state index in [1.807, 2.05) is 24.5 Å². The van der Waals surface area contributed by atoms with E-state index in [4.69, 9.17) is 16.3 Å². The van der Waals surface area contributed by atoms with E-state index in [9.17, 15) is 9.59 Å². The van der Waals surface area contributed by atoms with Crippen molar-refractivity contribution in [2.24, 2.45) is 0 Å². The molecule has 3 rings (SSSR count). The van der Waals surface area contributed by atoms with Gasteiger partial charge in [0, 0.05) is 22.9 Å². The lowest BCUT2D eigenvalue weighted by Crippen LogP contribution is -2.18. The van der Waals surface area contributed by atoms with E-state index in [0.717, 1.165) is 5.56 Å². The molecule has 32 heavy (non-hydrogen) atoms. The Morgan fingerprint density at radius 3 is 2.53 bits per heavy atom. The molecule has 0 aliphatic heterocycles. The number of halogens is 1. The van der Waals surface area contributed by atoms with Crippen LogP contribution < -0.4 is 15.4 Å². The first kappa shape index (κ1) is 23.6. The Kier molecular flexibility index (Phi) is 8.13. The highest BCUT2D eigenvalue weighted by atomic mass is 35.5. The number of ether oxygens (including phenoxy) is 1. The molecule has 0 spiro atoms. The fraction of sp³-hybridized carbons (Fsp3) is 0.273. The predicted molar refractivity (Wildman–Crippen MR) is 127 cm³/mol. The molecule has 3 aromatic rings. The predicted octanol–water partition coefficient (Wildman–Crippen LogP) is 4.18. The molecule has 0 bridgehead atoms. The minimum Gasteiger partial charge on any atom is -0.497 e. The molecule has 0 radical (unpaired) electrons. The van der Waals surface area contributed by atoms with Gasteiger partial charge in [-0.25, -0.2) is 0 Å². The van der Waals surface area contributed by atoms with E-state index in [2.05, 4.69) is 20.8 Å². The third kappa shape index (κ3) is 6.24. The highest BCUT2D eigenvalue weighted by Crippen LogP contribution is 2.22. The van der Waals surface area contributed by atoms with Crippen LogP contribution in [0.5, 0.6) is 5.75 Å². The smallest absolute Gasteiger partial charge is 0.234 e. The number of benzene rings is 2. The molecule has 1 aromatic heterocycles. The van der Waals surface area contributed by atoms with Crippen LogP contribution in [0.25, 0.3) is 0 Å². The van der Waals surface area contributed by atoms with Gasteiger partial charge in [-0.1, -0.05) is 29.4 Å². The largest absolute Gasteiger partial charge is 0.497 e. The number of rotatable bonds is 9. The lowest BCUT2D eigenvalue weighted by atomic mass is 10.2. The normalized spacial score (nSPS) is 10.6. The van der Waals surface area contributed by atoms with Gasteiger partial charge in [0.15, 0.2) is 5.16 Å². The fourth-order valence-electron chi connectivity index (χ4n) is 2.94. The van der Waals surface area contributed by atoms with Gasteiger partial charge >= 0.3 is 0 Å². The minimum absolute atomic E-state index is 0.0708. The second-order valence-corrected chi connectivity index (χ2v) is 8.27. The summed E-state index contributed by atoms with van der Waals surface area (Å²) >= 11 is 7.27. The topological polar surface area (TPSA) is 98.1 Å². The number of carbonyl (C=O) groups excluding carboxylic acids is 2. The molecule has 0 aliphatic rings. The molecule has 0 fully saturated rings. The molecular formula is C22H24ClN5O3S. The third-order valence-corrected chi connectivity index (χ3v) is 5.81. The van der Waals surface area contributed by atoms with E-state index in [1.54, 1.807) is 43.5 Å². The van der Waals surface area contributed by atoms with Crippen molar-refractivity contribution >= 4 is 46.6 Å². The molecule has 2 aromatic carbocycles. The number of amides is 2. The van der Waals surface area contributed by atoms with Crippen LogP contribution in [-0.2, 0) is 22.6 Å². The molecule has 0 saturated carbocycles. The summed E-state index contributed by atoms with van der Waals surface area (Å²) in [5, 5.41) is 15.1. The summed E-state index contributed by atoms with van der Waals surface area (Å²) in [5.74, 6) is 1.02. The first-order valence-electron chi connectivity index (χ1n) is 9.94. The van der Waals surface area contributed by atoms with E-state index < -0.39 is 0 Å². The maximum Gasteiger partial charge on any atom is 0.234 e. The van der Waals surface area contributed by atoms with E-state index in [-0.39, 0.29) is 24.0 Å². The molecule has 0 saturated heterocycles. The Balaban J connectivity index is 1.58. The van der Waals surface area contributed by atoms with Gasteiger partial charge < -0.3 is 19.9 Å². The molecule has 0 aliphatic carbocycles. The molecule has 8 nitrogen and oxygen atoms in total. The molecular weight excluding hydrogens is 450 g/mol. The summed E-state index contributed by atoms with van der Waals surface area (Å²) in [4.78, 5) is 24.8. The lowest BCUT2D eigenvalue weighted by Gasteiger charge is -2.10. The molecule has 10 heteroatoms. The van der Waals surface area contributed by atoms with Crippen LogP contribution in [0.1, 0.15) is 18.3 Å². The summed E-state index contributed by atoms with van der Waals surface area (Å²) in [6.45, 7) is 4.42. The third-order valence-electron chi connectivity index (χ3n) is 4.61. The van der Waals surface area contributed by atoms with Crippen molar-refractivity contribution in [3.05, 3.63) is 58.9 Å². The van der Waals surface area contributed by atoms with Crippen LogP contribution in [0.3, 0.4) is 0 Å². The highest BCUT2D eigenvalue weighted by molar-refractivity contribution is 7.99. The van der Waals surface area contributed by atoms with Crippen LogP contribution in [0.4, 0.5) is 11.4 Å². The number of thioether (sulfide) groups is 1. The quantitative estimate of drug-likeness (QED) is 0.452. The van der Waals surface area contributed by atoms with Crippen molar-refractivity contribution in [3.63, 3.8) is 0 Å². The van der Waals surface area contributed by atoms with Crippen LogP contribution in [0.15, 0.2) is 47.6 Å². The summed E-state index contributed by atoms with van der Waals surface area (Å²) in [6, 6.07) is 12.4. The average molecular weight is 474 g/mol. The monoisotopic (exact) mass is 473 g/mol. The second-order valence-electron chi connectivity index (χ2n) is 6.89. The summed E-state index contributed by atoms with van der Waals surface area (Å²) in [7, 11) is 1.59. The Morgan fingerprint density at radius 1 is 1.09 bits per heavy atom. The fourth-order valence-corrected chi connectivity index (χ4v) is 3.94. The zero-order valence-corrected chi connectivity index (χ0v) is 19.6. The molecule has 2 N–H and O–H groups in total. The van der Waals surface area contributed by atoms with Gasteiger partial charge in [0.1, 0.15) is 11.6 Å². The highest BCUT2D eigenvalue weighted by Gasteiger charge is 2.16. The van der Waals surface area contributed by atoms with Crippen molar-refractivity contribution in [3.8, 4) is 5.75 Å². The molecule has 168 valence electrons. The van der Waals surface area contributed by atoms with Gasteiger partial charge in [-0.15, -0.1) is 10.2 Å². The number of hydrogen-bond acceptors (Lipinski definition) is 6. The first-order chi connectivity index (χ1) is 15.4. The van der Waals surface area contributed by atoms with Crippen molar-refractivity contribution in [1.29, 1.82) is 0 Å². The number of nitrogens with zero attached hydrogens (tertiary/aromatic N) is 3. The van der Waals surface area contributed by atoms with Gasteiger partial charge in [-0.2, -0.15) is 0 Å². The van der Waals surface area contributed by atoms with Crippen molar-refractivity contribution < 1.29 is 14.3 Å². The number of aromatic nitrogens is 3. The zero-order chi connectivity index (χ0) is 23.1. The molecule has 1 heterocycles. The van der Waals surface area contributed by atoms with Gasteiger partial charge in [-0.3, -0.25) is 9.59 Å². The van der Waals surface area contributed by atoms with Gasteiger partial charge in [0.05, 0.1) is 19.3 Å². The molecule has 0 atom stereocenters. The number of hydrogen-bond donors (Lipinski definition) is 2. The minimum atomic E-state index is -0.206. The Hall–Kier alpha value is -3.04. The number of carbonyl (C=O) groups is 2. The maximum absolute atomic E-state index is 12.4. The number of methoxy groups -OCH3 is 1. The van der Waals surface area contributed by atoms with Crippen molar-refractivity contribution in [2.75, 3.05) is 23.5 Å². The molecule has 0 unspecified atom stereocenters. The van der Waals surface area contributed by atoms with Crippen LogP contribution in [-0.4, -0.2) is 39.4 Å². The SMILES string of the molecule is CCn1c(CC(=O)Nc2ccc(OC)cc2)nnc1SCC(=O)Nc1cc(Cl)ccc1C. The number of anilines is 2. The van der Waals surface area contributed by atoms with Crippen molar-refractivity contribution in [2.45, 2.75) is 32.0 Å².